The fraction of sp³-hybridized carbons (Fsp3) is 0.167. The van der Waals surface area contributed by atoms with Crippen molar-refractivity contribution in [3.05, 3.63) is 45.9 Å². The second-order valence-electron chi connectivity index (χ2n) is 4.21. The van der Waals surface area contributed by atoms with Crippen LogP contribution in [0.3, 0.4) is 0 Å². The van der Waals surface area contributed by atoms with E-state index in [0.29, 0.717) is 11.3 Å². The topological polar surface area (TPSA) is 82.2 Å². The Hall–Kier alpha value is -1.38. The lowest BCUT2D eigenvalue weighted by Crippen LogP contribution is -2.13. The number of H-pyrrole nitrogens is 1. The molecule has 1 aromatic carbocycles. The van der Waals surface area contributed by atoms with Crippen LogP contribution in [0.1, 0.15) is 11.3 Å². The van der Waals surface area contributed by atoms with Crippen molar-refractivity contribution >= 4 is 31.6 Å². The molecule has 5 nitrogen and oxygen atoms in total. The van der Waals surface area contributed by atoms with Crippen LogP contribution in [0.15, 0.2) is 33.8 Å². The Labute approximate surface area is 124 Å². The highest BCUT2D eigenvalue weighted by Gasteiger charge is 2.18. The van der Waals surface area contributed by atoms with Crippen molar-refractivity contribution in [2.45, 2.75) is 18.4 Å². The first-order valence-corrected chi connectivity index (χ1v) is 7.87. The minimum atomic E-state index is -3.83. The van der Waals surface area contributed by atoms with Crippen LogP contribution in [-0.4, -0.2) is 18.5 Å². The smallest absolute Gasteiger partial charge is 0.263 e. The molecule has 0 saturated heterocycles. The number of nitrogens with one attached hydrogen (secondary N) is 2. The number of hydrogen-bond donors (Lipinski definition) is 3. The van der Waals surface area contributed by atoms with Crippen molar-refractivity contribution in [2.24, 2.45) is 0 Å². The lowest BCUT2D eigenvalue weighted by molar-refractivity contribution is 0.277. The molecule has 8 heteroatoms. The van der Waals surface area contributed by atoms with Gasteiger partial charge in [-0.25, -0.2) is 12.8 Å². The lowest BCUT2D eigenvalue weighted by atomic mass is 10.2. The van der Waals surface area contributed by atoms with Crippen LogP contribution in [0, 0.1) is 12.7 Å². The van der Waals surface area contributed by atoms with Crippen LogP contribution >= 0.6 is 15.9 Å². The third-order valence-electron chi connectivity index (χ3n) is 2.71. The van der Waals surface area contributed by atoms with E-state index in [9.17, 15) is 12.8 Å². The Balaban J connectivity index is 2.35. The molecule has 108 valence electrons. The number of rotatable bonds is 4. The number of aryl methyl sites for hydroxylation is 1. The van der Waals surface area contributed by atoms with Gasteiger partial charge in [-0.1, -0.05) is 0 Å². The first kappa shape index (κ1) is 15.0. The largest absolute Gasteiger partial charge is 0.390 e. The minimum absolute atomic E-state index is 0.0238. The van der Waals surface area contributed by atoms with Gasteiger partial charge in [0.2, 0.25) is 0 Å². The molecule has 0 aliphatic carbocycles. The quantitative estimate of drug-likeness (QED) is 0.781. The highest BCUT2D eigenvalue weighted by Crippen LogP contribution is 2.26. The summed E-state index contributed by atoms with van der Waals surface area (Å²) in [6.45, 7) is 1.37. The van der Waals surface area contributed by atoms with Gasteiger partial charge in [-0.05, 0) is 46.6 Å². The molecule has 0 bridgehead atoms. The van der Waals surface area contributed by atoms with Gasteiger partial charge in [0.05, 0.1) is 16.8 Å². The number of hydrogen-bond acceptors (Lipinski definition) is 3. The molecule has 2 rings (SSSR count). The number of aliphatic hydroxyl groups is 1. The molecule has 0 radical (unpaired) electrons. The normalized spacial score (nSPS) is 11.6. The van der Waals surface area contributed by atoms with E-state index in [0.717, 1.165) is 6.07 Å². The molecule has 20 heavy (non-hydrogen) atoms. The highest BCUT2D eigenvalue weighted by molar-refractivity contribution is 9.10. The van der Waals surface area contributed by atoms with Crippen molar-refractivity contribution in [1.82, 2.24) is 4.98 Å². The van der Waals surface area contributed by atoms with E-state index in [1.807, 2.05) is 0 Å². The monoisotopic (exact) mass is 362 g/mol. The highest BCUT2D eigenvalue weighted by atomic mass is 79.9. The predicted octanol–water partition coefficient (Wildman–Crippen LogP) is 2.52. The number of aromatic amines is 1. The lowest BCUT2D eigenvalue weighted by Gasteiger charge is -2.10. The number of anilines is 1. The summed E-state index contributed by atoms with van der Waals surface area (Å²) >= 11 is 3.03. The van der Waals surface area contributed by atoms with Crippen molar-refractivity contribution in [2.75, 3.05) is 4.72 Å². The molecular formula is C12H12BrFN2O3S. The van der Waals surface area contributed by atoms with Gasteiger partial charge in [0.1, 0.15) is 10.7 Å². The maximum Gasteiger partial charge on any atom is 0.263 e. The zero-order valence-electron chi connectivity index (χ0n) is 10.4. The fourth-order valence-electron chi connectivity index (χ4n) is 1.63. The van der Waals surface area contributed by atoms with E-state index in [2.05, 4.69) is 25.6 Å². The van der Waals surface area contributed by atoms with E-state index < -0.39 is 15.8 Å². The van der Waals surface area contributed by atoms with Crippen molar-refractivity contribution in [3.8, 4) is 0 Å². The van der Waals surface area contributed by atoms with E-state index in [4.69, 9.17) is 5.11 Å². The zero-order chi connectivity index (χ0) is 14.9. The molecule has 0 aliphatic rings. The summed E-state index contributed by atoms with van der Waals surface area (Å²) in [5.74, 6) is -0.557. The Morgan fingerprint density at radius 1 is 1.40 bits per heavy atom. The predicted molar refractivity (Wildman–Crippen MR) is 76.4 cm³/mol. The Morgan fingerprint density at radius 3 is 2.70 bits per heavy atom. The molecule has 3 N–H and O–H groups in total. The van der Waals surface area contributed by atoms with E-state index in [-0.39, 0.29) is 21.7 Å². The number of aromatic nitrogens is 1. The molecular weight excluding hydrogens is 351 g/mol. The Bertz CT molecular complexity index is 743. The maximum absolute atomic E-state index is 13.5. The van der Waals surface area contributed by atoms with Crippen molar-refractivity contribution in [1.29, 1.82) is 0 Å². The van der Waals surface area contributed by atoms with Gasteiger partial charge in [-0.15, -0.1) is 0 Å². The number of benzene rings is 1. The summed E-state index contributed by atoms with van der Waals surface area (Å²) in [4.78, 5) is 2.61. The van der Waals surface area contributed by atoms with E-state index in [1.165, 1.54) is 18.3 Å². The van der Waals surface area contributed by atoms with E-state index >= 15 is 0 Å². The average Bonchev–Trinajstić information content (AvgIpc) is 2.85. The van der Waals surface area contributed by atoms with E-state index in [1.54, 1.807) is 6.92 Å². The van der Waals surface area contributed by atoms with Gasteiger partial charge in [0.25, 0.3) is 10.0 Å². The number of sulfonamides is 1. The first-order valence-electron chi connectivity index (χ1n) is 5.60. The molecule has 0 unspecified atom stereocenters. The average molecular weight is 363 g/mol. The second-order valence-corrected chi connectivity index (χ2v) is 6.74. The Kier molecular flexibility index (Phi) is 4.17. The summed E-state index contributed by atoms with van der Waals surface area (Å²) in [5.41, 5.74) is 1.13. The molecule has 0 saturated carbocycles. The third-order valence-corrected chi connectivity index (χ3v) is 4.66. The third kappa shape index (κ3) is 3.02. The molecule has 2 aromatic rings. The SMILES string of the molecule is Cc1cc(Br)c(F)cc1NS(=O)(=O)c1c[nH]c(CO)c1. The minimum Gasteiger partial charge on any atom is -0.390 e. The first-order chi connectivity index (χ1) is 9.33. The molecule has 0 atom stereocenters. The van der Waals surface area contributed by atoms with Gasteiger partial charge in [-0.3, -0.25) is 4.72 Å². The van der Waals surface area contributed by atoms with Gasteiger partial charge in [-0.2, -0.15) is 0 Å². The summed E-state index contributed by atoms with van der Waals surface area (Å²) in [7, 11) is -3.83. The zero-order valence-corrected chi connectivity index (χ0v) is 12.8. The van der Waals surface area contributed by atoms with Crippen LogP contribution < -0.4 is 4.72 Å². The van der Waals surface area contributed by atoms with Crippen LogP contribution in [0.25, 0.3) is 0 Å². The second kappa shape index (κ2) is 5.55. The summed E-state index contributed by atoms with van der Waals surface area (Å²) in [6, 6.07) is 3.91. The summed E-state index contributed by atoms with van der Waals surface area (Å²) in [5, 5.41) is 8.92. The summed E-state index contributed by atoms with van der Waals surface area (Å²) < 4.78 is 40.3. The van der Waals surface area contributed by atoms with Crippen LogP contribution in [0.4, 0.5) is 10.1 Å². The maximum atomic E-state index is 13.5. The fourth-order valence-corrected chi connectivity index (χ4v) is 3.22. The van der Waals surface area contributed by atoms with Crippen molar-refractivity contribution in [3.63, 3.8) is 0 Å². The molecule has 0 aliphatic heterocycles. The van der Waals surface area contributed by atoms with Gasteiger partial charge < -0.3 is 10.1 Å². The van der Waals surface area contributed by atoms with Crippen LogP contribution in [-0.2, 0) is 16.6 Å². The molecule has 1 aromatic heterocycles. The molecule has 0 fully saturated rings. The molecule has 0 amide bonds. The number of halogens is 2. The summed E-state index contributed by atoms with van der Waals surface area (Å²) in [6.07, 6.45) is 1.26. The van der Waals surface area contributed by atoms with Gasteiger partial charge in [0, 0.05) is 11.9 Å². The molecule has 0 spiro atoms. The van der Waals surface area contributed by atoms with Crippen molar-refractivity contribution < 1.29 is 17.9 Å². The standard InChI is InChI=1S/C12H12BrFN2O3S/c1-7-2-10(13)11(14)4-12(7)16-20(18,19)9-3-8(6-17)15-5-9/h2-5,15-17H,6H2,1H3. The van der Waals surface area contributed by atoms with Crippen LogP contribution in [0.2, 0.25) is 0 Å². The van der Waals surface area contributed by atoms with Gasteiger partial charge in [0.15, 0.2) is 0 Å². The molecule has 1 heterocycles. The van der Waals surface area contributed by atoms with Crippen LogP contribution in [0.5, 0.6) is 0 Å². The Morgan fingerprint density at radius 2 is 2.10 bits per heavy atom. The van der Waals surface area contributed by atoms with Gasteiger partial charge >= 0.3 is 0 Å². The number of aliphatic hydroxyl groups excluding tert-OH is 1.